The number of methoxy groups -OCH3 is 1. The molecule has 1 N–H and O–H groups in total. The molecule has 29 heavy (non-hydrogen) atoms. The summed E-state index contributed by atoms with van der Waals surface area (Å²) in [7, 11) is -2.29. The van der Waals surface area contributed by atoms with Gasteiger partial charge in [0.25, 0.3) is 0 Å². The molecule has 2 atom stereocenters. The number of hydrogen-bond acceptors (Lipinski definition) is 4. The van der Waals surface area contributed by atoms with Crippen LogP contribution in [0.4, 0.5) is 0 Å². The monoisotopic (exact) mass is 416 g/mol. The number of nitrogens with one attached hydrogen (secondary N) is 1. The topological polar surface area (TPSA) is 75.7 Å². The van der Waals surface area contributed by atoms with Gasteiger partial charge in [0.2, 0.25) is 15.9 Å². The maximum Gasteiger partial charge on any atom is 0.246 e. The molecule has 1 amide bonds. The maximum atomic E-state index is 13.2. The highest BCUT2D eigenvalue weighted by molar-refractivity contribution is 7.89. The minimum atomic E-state index is -3.75. The standard InChI is InChI=1S/C22H28N2O4S/c1-16-11-12-20(28-3)21(14-16)29(26,27)24-13-7-10-19(15-24)22(25)23-17(2)18-8-5-4-6-9-18/h4-6,8-9,11-12,14,17,19H,7,10,13,15H2,1-3H3,(H,23,25)/t17-,19-/m1/s1. The van der Waals surface area contributed by atoms with Gasteiger partial charge in [-0.15, -0.1) is 0 Å². The first-order valence-corrected chi connectivity index (χ1v) is 11.3. The first-order valence-electron chi connectivity index (χ1n) is 9.83. The van der Waals surface area contributed by atoms with Crippen LogP contribution in [0.2, 0.25) is 0 Å². The summed E-state index contributed by atoms with van der Waals surface area (Å²) in [5, 5.41) is 3.02. The molecule has 0 aromatic heterocycles. The Morgan fingerprint density at radius 1 is 1.21 bits per heavy atom. The Morgan fingerprint density at radius 2 is 1.93 bits per heavy atom. The summed E-state index contributed by atoms with van der Waals surface area (Å²) in [5.74, 6) is -0.169. The molecule has 1 aliphatic rings. The molecule has 0 saturated carbocycles. The molecular weight excluding hydrogens is 388 g/mol. The third-order valence-electron chi connectivity index (χ3n) is 5.35. The fraction of sp³-hybridized carbons (Fsp3) is 0.409. The number of carbonyl (C=O) groups is 1. The summed E-state index contributed by atoms with van der Waals surface area (Å²) < 4.78 is 33.2. The first-order chi connectivity index (χ1) is 13.8. The summed E-state index contributed by atoms with van der Waals surface area (Å²) in [6.45, 7) is 4.35. The molecule has 1 heterocycles. The van der Waals surface area contributed by atoms with Crippen LogP contribution in [-0.2, 0) is 14.8 Å². The second-order valence-electron chi connectivity index (χ2n) is 7.50. The van der Waals surface area contributed by atoms with Crippen molar-refractivity contribution < 1.29 is 17.9 Å². The Morgan fingerprint density at radius 3 is 2.62 bits per heavy atom. The number of amides is 1. The predicted molar refractivity (Wildman–Crippen MR) is 112 cm³/mol. The number of hydrogen-bond donors (Lipinski definition) is 1. The number of sulfonamides is 1. The minimum Gasteiger partial charge on any atom is -0.495 e. The minimum absolute atomic E-state index is 0.113. The van der Waals surface area contributed by atoms with E-state index in [9.17, 15) is 13.2 Å². The maximum absolute atomic E-state index is 13.2. The number of carbonyl (C=O) groups excluding carboxylic acids is 1. The molecule has 0 spiro atoms. The van der Waals surface area contributed by atoms with Crippen molar-refractivity contribution in [2.24, 2.45) is 5.92 Å². The van der Waals surface area contributed by atoms with E-state index in [0.29, 0.717) is 25.1 Å². The quantitative estimate of drug-likeness (QED) is 0.784. The Labute approximate surface area is 172 Å². The molecule has 6 nitrogen and oxygen atoms in total. The first kappa shape index (κ1) is 21.3. The highest BCUT2D eigenvalue weighted by Crippen LogP contribution is 2.30. The van der Waals surface area contributed by atoms with E-state index < -0.39 is 10.0 Å². The highest BCUT2D eigenvalue weighted by atomic mass is 32.2. The van der Waals surface area contributed by atoms with Gasteiger partial charge in [0.15, 0.2) is 0 Å². The third kappa shape index (κ3) is 4.79. The van der Waals surface area contributed by atoms with E-state index in [1.165, 1.54) is 11.4 Å². The van der Waals surface area contributed by atoms with E-state index in [-0.39, 0.29) is 29.3 Å². The summed E-state index contributed by atoms with van der Waals surface area (Å²) in [4.78, 5) is 13.0. The van der Waals surface area contributed by atoms with Gasteiger partial charge >= 0.3 is 0 Å². The summed E-state index contributed by atoms with van der Waals surface area (Å²) >= 11 is 0. The Balaban J connectivity index is 1.75. The predicted octanol–water partition coefficient (Wildman–Crippen LogP) is 3.28. The fourth-order valence-electron chi connectivity index (χ4n) is 3.66. The Hall–Kier alpha value is -2.38. The van der Waals surface area contributed by atoms with Gasteiger partial charge in [-0.3, -0.25) is 4.79 Å². The van der Waals surface area contributed by atoms with Crippen molar-refractivity contribution >= 4 is 15.9 Å². The van der Waals surface area contributed by atoms with Gasteiger partial charge < -0.3 is 10.1 Å². The average molecular weight is 417 g/mol. The number of rotatable bonds is 6. The molecule has 0 unspecified atom stereocenters. The van der Waals surface area contributed by atoms with Crippen molar-refractivity contribution in [1.82, 2.24) is 9.62 Å². The molecule has 0 bridgehead atoms. The van der Waals surface area contributed by atoms with E-state index >= 15 is 0 Å². The largest absolute Gasteiger partial charge is 0.495 e. The summed E-state index contributed by atoms with van der Waals surface area (Å²) in [5.41, 5.74) is 1.86. The van der Waals surface area contributed by atoms with Gasteiger partial charge in [-0.05, 0) is 49.9 Å². The molecule has 1 saturated heterocycles. The average Bonchev–Trinajstić information content (AvgIpc) is 2.74. The molecule has 2 aromatic rings. The Bertz CT molecular complexity index is 960. The van der Waals surface area contributed by atoms with Gasteiger partial charge in [0.1, 0.15) is 10.6 Å². The Kier molecular flexibility index (Phi) is 6.59. The van der Waals surface area contributed by atoms with Crippen LogP contribution in [-0.4, -0.2) is 38.8 Å². The summed E-state index contributed by atoms with van der Waals surface area (Å²) in [6, 6.07) is 14.7. The number of piperidine rings is 1. The van der Waals surface area contributed by atoms with Crippen LogP contribution in [0.1, 0.15) is 36.9 Å². The highest BCUT2D eigenvalue weighted by Gasteiger charge is 2.35. The summed E-state index contributed by atoms with van der Waals surface area (Å²) in [6.07, 6.45) is 1.31. The van der Waals surface area contributed by atoms with E-state index in [1.54, 1.807) is 12.1 Å². The van der Waals surface area contributed by atoms with Crippen LogP contribution in [0.3, 0.4) is 0 Å². The van der Waals surface area contributed by atoms with Gasteiger partial charge in [0, 0.05) is 13.1 Å². The van der Waals surface area contributed by atoms with Gasteiger partial charge in [-0.2, -0.15) is 4.31 Å². The second-order valence-corrected chi connectivity index (χ2v) is 9.40. The lowest BCUT2D eigenvalue weighted by molar-refractivity contribution is -0.126. The van der Waals surface area contributed by atoms with Crippen molar-refractivity contribution in [2.45, 2.75) is 37.6 Å². The van der Waals surface area contributed by atoms with Gasteiger partial charge in [0.05, 0.1) is 19.1 Å². The third-order valence-corrected chi connectivity index (χ3v) is 7.24. The van der Waals surface area contributed by atoms with Crippen molar-refractivity contribution in [1.29, 1.82) is 0 Å². The lowest BCUT2D eigenvalue weighted by Crippen LogP contribution is -2.45. The van der Waals surface area contributed by atoms with Crippen LogP contribution in [0.25, 0.3) is 0 Å². The molecular formula is C22H28N2O4S. The number of ether oxygens (including phenoxy) is 1. The van der Waals surface area contributed by atoms with Gasteiger partial charge in [-0.25, -0.2) is 8.42 Å². The lowest BCUT2D eigenvalue weighted by atomic mass is 9.98. The molecule has 0 radical (unpaired) electrons. The zero-order valence-corrected chi connectivity index (χ0v) is 17.9. The molecule has 1 aliphatic heterocycles. The van der Waals surface area contributed by atoms with Crippen LogP contribution < -0.4 is 10.1 Å². The number of benzene rings is 2. The molecule has 1 fully saturated rings. The zero-order chi connectivity index (χ0) is 21.0. The molecule has 3 rings (SSSR count). The lowest BCUT2D eigenvalue weighted by Gasteiger charge is -2.32. The molecule has 156 valence electrons. The zero-order valence-electron chi connectivity index (χ0n) is 17.1. The van der Waals surface area contributed by atoms with Crippen molar-refractivity contribution in [3.63, 3.8) is 0 Å². The van der Waals surface area contributed by atoms with Crippen LogP contribution in [0, 0.1) is 12.8 Å². The van der Waals surface area contributed by atoms with Crippen molar-refractivity contribution in [2.75, 3.05) is 20.2 Å². The normalized spacial score (nSPS) is 18.8. The van der Waals surface area contributed by atoms with E-state index in [0.717, 1.165) is 11.1 Å². The molecule has 0 aliphatic carbocycles. The van der Waals surface area contributed by atoms with E-state index in [1.807, 2.05) is 50.2 Å². The van der Waals surface area contributed by atoms with Crippen LogP contribution >= 0.6 is 0 Å². The molecule has 7 heteroatoms. The van der Waals surface area contributed by atoms with Crippen molar-refractivity contribution in [3.05, 3.63) is 59.7 Å². The molecule has 2 aromatic carbocycles. The van der Waals surface area contributed by atoms with Crippen LogP contribution in [0.15, 0.2) is 53.4 Å². The van der Waals surface area contributed by atoms with Crippen molar-refractivity contribution in [3.8, 4) is 5.75 Å². The second kappa shape index (κ2) is 8.97. The number of aryl methyl sites for hydroxylation is 1. The van der Waals surface area contributed by atoms with Gasteiger partial charge in [-0.1, -0.05) is 36.4 Å². The van der Waals surface area contributed by atoms with Crippen LogP contribution in [0.5, 0.6) is 5.75 Å². The van der Waals surface area contributed by atoms with E-state index in [4.69, 9.17) is 4.74 Å². The van der Waals surface area contributed by atoms with E-state index in [2.05, 4.69) is 5.32 Å². The fourth-order valence-corrected chi connectivity index (χ4v) is 5.42. The smallest absolute Gasteiger partial charge is 0.246 e. The number of nitrogens with zero attached hydrogens (tertiary/aromatic N) is 1. The SMILES string of the molecule is COc1ccc(C)cc1S(=O)(=O)N1CCC[C@@H](C(=O)N[C@H](C)c2ccccc2)C1.